The van der Waals surface area contributed by atoms with Crippen molar-refractivity contribution in [1.29, 1.82) is 0 Å². The summed E-state index contributed by atoms with van der Waals surface area (Å²) in [4.78, 5) is 38.7. The second-order valence-electron chi connectivity index (χ2n) is 10.7. The van der Waals surface area contributed by atoms with Gasteiger partial charge in [-0.3, -0.25) is 9.59 Å². The summed E-state index contributed by atoms with van der Waals surface area (Å²) in [6.07, 6.45) is 3.61. The van der Waals surface area contributed by atoms with Crippen LogP contribution in [0.4, 0.5) is 10.5 Å². The predicted octanol–water partition coefficient (Wildman–Crippen LogP) is 5.92. The number of hydrogen-bond acceptors (Lipinski definition) is 6. The number of nitrogens with zero attached hydrogens (tertiary/aromatic N) is 1. The fraction of sp³-hybridized carbons (Fsp3) is 0.387. The van der Waals surface area contributed by atoms with Crippen molar-refractivity contribution in [2.45, 2.75) is 58.0 Å². The van der Waals surface area contributed by atoms with E-state index in [0.717, 1.165) is 12.8 Å². The molecule has 2 aliphatic rings. The van der Waals surface area contributed by atoms with Gasteiger partial charge in [0.15, 0.2) is 5.69 Å². The Morgan fingerprint density at radius 1 is 1.14 bits per heavy atom. The molecule has 12 heteroatoms. The van der Waals surface area contributed by atoms with Gasteiger partial charge in [0.1, 0.15) is 17.2 Å². The van der Waals surface area contributed by atoms with Crippen LogP contribution >= 0.6 is 23.2 Å². The number of pyridine rings is 1. The van der Waals surface area contributed by atoms with Gasteiger partial charge in [0.2, 0.25) is 0 Å². The summed E-state index contributed by atoms with van der Waals surface area (Å²) in [5.41, 5.74) is 1.26. The number of hydrogen-bond donors (Lipinski definition) is 4. The fourth-order valence-electron chi connectivity index (χ4n) is 5.30. The zero-order valence-electron chi connectivity index (χ0n) is 23.6. The van der Waals surface area contributed by atoms with E-state index in [9.17, 15) is 24.6 Å². The Morgan fingerprint density at radius 3 is 2.65 bits per heavy atom. The van der Waals surface area contributed by atoms with Crippen LogP contribution in [0.2, 0.25) is 10.0 Å². The van der Waals surface area contributed by atoms with Crippen molar-refractivity contribution in [3.05, 3.63) is 79.2 Å². The second kappa shape index (κ2) is 13.2. The number of carbonyl (C=O) groups excluding carboxylic acids is 1. The molecule has 0 saturated heterocycles. The molecule has 1 saturated carbocycles. The first-order chi connectivity index (χ1) is 20.7. The summed E-state index contributed by atoms with van der Waals surface area (Å²) >= 11 is 12.8. The van der Waals surface area contributed by atoms with Crippen molar-refractivity contribution in [2.75, 3.05) is 18.5 Å². The van der Waals surface area contributed by atoms with E-state index in [1.807, 2.05) is 6.92 Å². The number of carboxylic acid groups (broad SMARTS) is 1. The van der Waals surface area contributed by atoms with Crippen molar-refractivity contribution in [3.63, 3.8) is 0 Å². The van der Waals surface area contributed by atoms with Gasteiger partial charge in [-0.25, -0.2) is 4.79 Å². The topological polar surface area (TPSA) is 139 Å². The third-order valence-corrected chi connectivity index (χ3v) is 8.47. The summed E-state index contributed by atoms with van der Waals surface area (Å²) in [5.74, 6) is 0.146. The minimum Gasteiger partial charge on any atom is -0.505 e. The summed E-state index contributed by atoms with van der Waals surface area (Å²) in [6, 6.07) is 8.42. The molecular weight excluding hydrogens is 597 g/mol. The third-order valence-electron chi connectivity index (χ3n) is 7.63. The molecular formula is C31H33Cl2N3O7. The molecule has 2 aromatic carbocycles. The average Bonchev–Trinajstić information content (AvgIpc) is 3.68. The molecule has 228 valence electrons. The Kier molecular flexibility index (Phi) is 9.37. The average molecular weight is 631 g/mol. The van der Waals surface area contributed by atoms with Crippen LogP contribution in [0.1, 0.15) is 61.0 Å². The van der Waals surface area contributed by atoms with Crippen molar-refractivity contribution in [1.82, 2.24) is 9.88 Å². The Balaban J connectivity index is 1.43. The number of carbonyl (C=O) groups is 2. The molecule has 1 aromatic heterocycles. The highest BCUT2D eigenvalue weighted by Gasteiger charge is 2.28. The van der Waals surface area contributed by atoms with Gasteiger partial charge < -0.3 is 34.9 Å². The predicted molar refractivity (Wildman–Crippen MR) is 163 cm³/mol. The molecule has 0 aliphatic heterocycles. The minimum absolute atomic E-state index is 0.00175. The molecule has 10 nitrogen and oxygen atoms in total. The number of benzene rings is 2. The number of aliphatic carboxylic acids is 1. The van der Waals surface area contributed by atoms with E-state index in [4.69, 9.17) is 32.7 Å². The van der Waals surface area contributed by atoms with Crippen molar-refractivity contribution in [2.24, 2.45) is 5.92 Å². The number of carboxylic acids is 1. The zero-order valence-corrected chi connectivity index (χ0v) is 25.1. The van der Waals surface area contributed by atoms with Crippen LogP contribution in [0, 0.1) is 5.92 Å². The van der Waals surface area contributed by atoms with Gasteiger partial charge in [-0.15, -0.1) is 0 Å². The van der Waals surface area contributed by atoms with E-state index in [0.29, 0.717) is 77.3 Å². The maximum Gasteiger partial charge on any atom is 0.319 e. The van der Waals surface area contributed by atoms with Crippen LogP contribution in [0.3, 0.4) is 0 Å². The molecule has 2 amide bonds. The van der Waals surface area contributed by atoms with Crippen LogP contribution in [-0.2, 0) is 24.2 Å². The zero-order chi connectivity index (χ0) is 30.7. The largest absolute Gasteiger partial charge is 0.505 e. The van der Waals surface area contributed by atoms with E-state index in [2.05, 4.69) is 10.6 Å². The van der Waals surface area contributed by atoms with Gasteiger partial charge in [-0.1, -0.05) is 35.3 Å². The highest BCUT2D eigenvalue weighted by atomic mass is 35.5. The number of urea groups is 1. The molecule has 5 rings (SSSR count). The van der Waals surface area contributed by atoms with Gasteiger partial charge in [0.25, 0.3) is 5.56 Å². The summed E-state index contributed by atoms with van der Waals surface area (Å²) in [6.45, 7) is 2.78. The molecule has 0 unspecified atom stereocenters. The molecule has 4 N–H and O–H groups in total. The lowest BCUT2D eigenvalue weighted by Gasteiger charge is -2.21. The van der Waals surface area contributed by atoms with Gasteiger partial charge >= 0.3 is 12.0 Å². The number of amides is 2. The van der Waals surface area contributed by atoms with Crippen LogP contribution < -0.4 is 25.7 Å². The number of ether oxygens (including phenoxy) is 2. The molecule has 1 heterocycles. The van der Waals surface area contributed by atoms with Gasteiger partial charge in [0.05, 0.1) is 42.3 Å². The van der Waals surface area contributed by atoms with Crippen LogP contribution in [0.25, 0.3) is 0 Å². The number of aromatic hydroxyl groups is 1. The molecule has 2 aliphatic carbocycles. The number of anilines is 1. The normalized spacial score (nSPS) is 14.6. The SMILES string of the molecule is CCOc1ccc(Cl)c(Cl)c1Cn1c2c(c(O)c(NC(=O)N[C@@H](CC(=O)O)c3cccc(OCC4CC4)c3)c1=O)CCC2. The Hall–Kier alpha value is -3.89. The molecule has 1 fully saturated rings. The Bertz CT molecular complexity index is 1600. The van der Waals surface area contributed by atoms with Crippen molar-refractivity contribution < 1.29 is 29.3 Å². The summed E-state index contributed by atoms with van der Waals surface area (Å²) < 4.78 is 13.0. The van der Waals surface area contributed by atoms with Gasteiger partial charge in [-0.05, 0) is 74.8 Å². The van der Waals surface area contributed by atoms with E-state index < -0.39 is 30.0 Å². The van der Waals surface area contributed by atoms with Crippen LogP contribution in [0.15, 0.2) is 41.2 Å². The van der Waals surface area contributed by atoms with Crippen molar-refractivity contribution in [3.8, 4) is 17.2 Å². The number of aromatic nitrogens is 1. The second-order valence-corrected chi connectivity index (χ2v) is 11.5. The Morgan fingerprint density at radius 2 is 1.93 bits per heavy atom. The van der Waals surface area contributed by atoms with E-state index in [1.165, 1.54) is 4.57 Å². The van der Waals surface area contributed by atoms with Crippen LogP contribution in [0.5, 0.6) is 17.2 Å². The highest BCUT2D eigenvalue weighted by Crippen LogP contribution is 2.37. The third kappa shape index (κ3) is 7.02. The number of fused-ring (bicyclic) bond motifs is 1. The van der Waals surface area contributed by atoms with Gasteiger partial charge in [0, 0.05) is 16.8 Å². The lowest BCUT2D eigenvalue weighted by atomic mass is 10.0. The molecule has 43 heavy (non-hydrogen) atoms. The lowest BCUT2D eigenvalue weighted by molar-refractivity contribution is -0.137. The number of nitrogens with one attached hydrogen (secondary N) is 2. The fourth-order valence-corrected chi connectivity index (χ4v) is 5.69. The maximum absolute atomic E-state index is 13.8. The molecule has 3 aromatic rings. The molecule has 0 spiro atoms. The van der Waals surface area contributed by atoms with Crippen molar-refractivity contribution >= 4 is 40.9 Å². The first-order valence-electron chi connectivity index (χ1n) is 14.3. The Labute approximate surface area is 258 Å². The van der Waals surface area contributed by atoms with E-state index in [1.54, 1.807) is 36.4 Å². The first-order valence-corrected chi connectivity index (χ1v) is 15.0. The summed E-state index contributed by atoms with van der Waals surface area (Å²) in [5, 5.41) is 26.3. The number of halogens is 2. The van der Waals surface area contributed by atoms with Gasteiger partial charge in [-0.2, -0.15) is 0 Å². The van der Waals surface area contributed by atoms with E-state index >= 15 is 0 Å². The smallest absolute Gasteiger partial charge is 0.319 e. The molecule has 0 bridgehead atoms. The van der Waals surface area contributed by atoms with Crippen LogP contribution in [-0.4, -0.2) is 40.0 Å². The quantitative estimate of drug-likeness (QED) is 0.195. The molecule has 0 radical (unpaired) electrons. The monoisotopic (exact) mass is 629 g/mol. The lowest BCUT2D eigenvalue weighted by Crippen LogP contribution is -2.37. The van der Waals surface area contributed by atoms with E-state index in [-0.39, 0.29) is 23.0 Å². The first kappa shape index (κ1) is 30.6. The summed E-state index contributed by atoms with van der Waals surface area (Å²) in [7, 11) is 0. The standard InChI is InChI=1S/C31H33Cl2N3O7/c1-2-42-25-12-11-22(32)27(33)21(25)15-36-24-8-4-7-20(24)29(39)28(30(36)40)35-31(41)34-23(14-26(37)38)18-5-3-6-19(13-18)43-16-17-9-10-17/h3,5-6,11-13,17,23,39H,2,4,7-10,14-16H2,1H3,(H,37,38)(H2,34,35,41)/t23-/m0/s1. The maximum atomic E-state index is 13.8. The minimum atomic E-state index is -1.12. The number of rotatable bonds is 12. The highest BCUT2D eigenvalue weighted by molar-refractivity contribution is 6.42. The molecule has 1 atom stereocenters.